The van der Waals surface area contributed by atoms with Crippen molar-refractivity contribution < 1.29 is 13.2 Å². The highest BCUT2D eigenvalue weighted by atomic mass is 32.2. The number of hydrogen-bond acceptors (Lipinski definition) is 6. The van der Waals surface area contributed by atoms with Gasteiger partial charge in [-0.15, -0.1) is 11.3 Å². The van der Waals surface area contributed by atoms with E-state index >= 15 is 0 Å². The lowest BCUT2D eigenvalue weighted by atomic mass is 10.1. The summed E-state index contributed by atoms with van der Waals surface area (Å²) in [5.74, 6) is -0.345. The molecule has 0 unspecified atom stereocenters. The van der Waals surface area contributed by atoms with Crippen LogP contribution in [-0.4, -0.2) is 36.7 Å². The molecule has 154 valence electrons. The molecule has 0 aliphatic carbocycles. The van der Waals surface area contributed by atoms with Crippen LogP contribution < -0.4 is 11.1 Å². The number of fused-ring (bicyclic) bond motifs is 1. The Morgan fingerprint density at radius 1 is 1.17 bits per heavy atom. The van der Waals surface area contributed by atoms with E-state index in [1.54, 1.807) is 26.0 Å². The van der Waals surface area contributed by atoms with Crippen molar-refractivity contribution in [3.05, 3.63) is 46.5 Å². The number of anilines is 2. The molecule has 3 rings (SSSR count). The number of sulfonamides is 1. The number of aryl methyl sites for hydroxylation is 2. The van der Waals surface area contributed by atoms with Crippen molar-refractivity contribution in [3.8, 4) is 0 Å². The van der Waals surface area contributed by atoms with E-state index in [2.05, 4.69) is 10.3 Å². The second kappa shape index (κ2) is 8.10. The summed E-state index contributed by atoms with van der Waals surface area (Å²) in [6, 6.07) is 8.07. The van der Waals surface area contributed by atoms with Gasteiger partial charge in [-0.1, -0.05) is 13.8 Å². The lowest BCUT2D eigenvalue weighted by Crippen LogP contribution is -2.30. The maximum atomic E-state index is 12.7. The molecule has 0 aliphatic heterocycles. The molecule has 0 radical (unpaired) electrons. The number of nitrogens with zero attached hydrogens (tertiary/aromatic N) is 2. The van der Waals surface area contributed by atoms with E-state index in [0.29, 0.717) is 29.3 Å². The minimum Gasteiger partial charge on any atom is -0.397 e. The van der Waals surface area contributed by atoms with Crippen LogP contribution in [0.5, 0.6) is 0 Å². The van der Waals surface area contributed by atoms with E-state index in [9.17, 15) is 13.2 Å². The Morgan fingerprint density at radius 3 is 2.38 bits per heavy atom. The number of carbonyl (C=O) groups is 1. The number of amides is 1. The quantitative estimate of drug-likeness (QED) is 0.617. The summed E-state index contributed by atoms with van der Waals surface area (Å²) >= 11 is 1.25. The molecule has 0 saturated heterocycles. The molecule has 2 aromatic heterocycles. The zero-order chi connectivity index (χ0) is 21.3. The third kappa shape index (κ3) is 3.98. The fourth-order valence-corrected chi connectivity index (χ4v) is 5.82. The van der Waals surface area contributed by atoms with Gasteiger partial charge in [-0.05, 0) is 49.7 Å². The molecule has 0 saturated carbocycles. The Bertz CT molecular complexity index is 1160. The molecule has 3 aromatic rings. The van der Waals surface area contributed by atoms with E-state index in [1.165, 1.54) is 27.8 Å². The Labute approximate surface area is 174 Å². The van der Waals surface area contributed by atoms with Gasteiger partial charge in [-0.3, -0.25) is 4.79 Å². The van der Waals surface area contributed by atoms with Gasteiger partial charge in [0.15, 0.2) is 0 Å². The smallest absolute Gasteiger partial charge is 0.267 e. The van der Waals surface area contributed by atoms with E-state index in [-0.39, 0.29) is 10.8 Å². The lowest BCUT2D eigenvalue weighted by molar-refractivity contribution is 0.103. The van der Waals surface area contributed by atoms with Gasteiger partial charge in [-0.25, -0.2) is 13.4 Å². The first-order valence-corrected chi connectivity index (χ1v) is 11.5. The molecule has 1 amide bonds. The summed E-state index contributed by atoms with van der Waals surface area (Å²) in [5.41, 5.74) is 8.96. The van der Waals surface area contributed by atoms with E-state index in [1.807, 2.05) is 19.9 Å². The summed E-state index contributed by atoms with van der Waals surface area (Å²) < 4.78 is 26.5. The number of aromatic nitrogens is 1. The summed E-state index contributed by atoms with van der Waals surface area (Å²) in [6.07, 6.45) is 0. The monoisotopic (exact) mass is 432 g/mol. The predicted octanol–water partition coefficient (Wildman–Crippen LogP) is 3.78. The molecule has 1 aromatic carbocycles. The van der Waals surface area contributed by atoms with Crippen LogP contribution in [0.1, 0.15) is 34.8 Å². The van der Waals surface area contributed by atoms with Gasteiger partial charge in [0.25, 0.3) is 5.91 Å². The Hall–Kier alpha value is -2.49. The average Bonchev–Trinajstić information content (AvgIpc) is 2.99. The highest BCUT2D eigenvalue weighted by Crippen LogP contribution is 2.35. The van der Waals surface area contributed by atoms with Gasteiger partial charge in [0.05, 0.1) is 10.6 Å². The number of rotatable bonds is 6. The summed E-state index contributed by atoms with van der Waals surface area (Å²) in [6.45, 7) is 8.23. The van der Waals surface area contributed by atoms with Gasteiger partial charge in [-0.2, -0.15) is 4.31 Å². The SMILES string of the molecule is CCN(CC)S(=O)(=O)c1ccc(NC(=O)c2sc3nc(C)cc(C)c3c2N)cc1. The maximum Gasteiger partial charge on any atom is 0.267 e. The van der Waals surface area contributed by atoms with Crippen LogP contribution in [0.25, 0.3) is 10.2 Å². The van der Waals surface area contributed by atoms with Crippen LogP contribution in [0, 0.1) is 13.8 Å². The fourth-order valence-electron chi connectivity index (χ4n) is 3.25. The minimum absolute atomic E-state index is 0.191. The summed E-state index contributed by atoms with van der Waals surface area (Å²) in [4.78, 5) is 18.5. The zero-order valence-corrected chi connectivity index (χ0v) is 18.4. The van der Waals surface area contributed by atoms with Gasteiger partial charge in [0, 0.05) is 29.9 Å². The first-order chi connectivity index (χ1) is 13.7. The molecule has 0 atom stereocenters. The molecule has 0 fully saturated rings. The van der Waals surface area contributed by atoms with E-state index in [0.717, 1.165) is 21.5 Å². The largest absolute Gasteiger partial charge is 0.397 e. The number of nitrogens with one attached hydrogen (secondary N) is 1. The van der Waals surface area contributed by atoms with Gasteiger partial charge in [0.1, 0.15) is 9.71 Å². The van der Waals surface area contributed by atoms with Crippen molar-refractivity contribution in [2.45, 2.75) is 32.6 Å². The molecule has 2 heterocycles. The first-order valence-electron chi connectivity index (χ1n) is 9.26. The second-order valence-corrected chi connectivity index (χ2v) is 9.61. The molecule has 0 spiro atoms. The molecule has 0 aliphatic rings. The molecule has 29 heavy (non-hydrogen) atoms. The summed E-state index contributed by atoms with van der Waals surface area (Å²) in [5, 5.41) is 3.58. The highest BCUT2D eigenvalue weighted by Gasteiger charge is 2.22. The number of hydrogen-bond donors (Lipinski definition) is 2. The summed E-state index contributed by atoms with van der Waals surface area (Å²) in [7, 11) is -3.54. The predicted molar refractivity (Wildman–Crippen MR) is 118 cm³/mol. The fraction of sp³-hybridized carbons (Fsp3) is 0.300. The van der Waals surface area contributed by atoms with Crippen LogP contribution in [-0.2, 0) is 10.0 Å². The molecular formula is C20H24N4O3S2. The number of nitrogen functional groups attached to an aromatic ring is 1. The Kier molecular flexibility index (Phi) is 5.92. The molecule has 9 heteroatoms. The maximum absolute atomic E-state index is 12.7. The molecular weight excluding hydrogens is 408 g/mol. The molecule has 0 bridgehead atoms. The molecule has 7 nitrogen and oxygen atoms in total. The van der Waals surface area contributed by atoms with Crippen molar-refractivity contribution in [3.63, 3.8) is 0 Å². The van der Waals surface area contributed by atoms with Crippen molar-refractivity contribution in [1.29, 1.82) is 0 Å². The number of benzene rings is 1. The van der Waals surface area contributed by atoms with Crippen LogP contribution in [0.15, 0.2) is 35.2 Å². The third-order valence-corrected chi connectivity index (χ3v) is 7.85. The van der Waals surface area contributed by atoms with Crippen LogP contribution >= 0.6 is 11.3 Å². The number of pyridine rings is 1. The number of carbonyl (C=O) groups excluding carboxylic acids is 1. The van der Waals surface area contributed by atoms with Crippen LogP contribution in [0.4, 0.5) is 11.4 Å². The van der Waals surface area contributed by atoms with Crippen molar-refractivity contribution >= 4 is 48.9 Å². The highest BCUT2D eigenvalue weighted by molar-refractivity contribution is 7.89. The Morgan fingerprint density at radius 2 is 1.79 bits per heavy atom. The zero-order valence-electron chi connectivity index (χ0n) is 16.8. The van der Waals surface area contributed by atoms with Gasteiger partial charge >= 0.3 is 0 Å². The van der Waals surface area contributed by atoms with Crippen molar-refractivity contribution in [2.24, 2.45) is 0 Å². The Balaban J connectivity index is 1.86. The third-order valence-electron chi connectivity index (χ3n) is 4.69. The van der Waals surface area contributed by atoms with Crippen LogP contribution in [0.2, 0.25) is 0 Å². The van der Waals surface area contributed by atoms with Gasteiger partial charge < -0.3 is 11.1 Å². The lowest BCUT2D eigenvalue weighted by Gasteiger charge is -2.18. The standard InChI is InChI=1S/C20H24N4O3S2/c1-5-24(6-2)29(26,27)15-9-7-14(8-10-15)23-19(25)18-17(21)16-12(3)11-13(4)22-20(16)28-18/h7-11H,5-6,21H2,1-4H3,(H,23,25). The van der Waals surface area contributed by atoms with E-state index < -0.39 is 10.0 Å². The first kappa shape index (κ1) is 21.2. The number of thiophene rings is 1. The van der Waals surface area contributed by atoms with Crippen LogP contribution in [0.3, 0.4) is 0 Å². The average molecular weight is 433 g/mol. The normalized spacial score (nSPS) is 11.9. The minimum atomic E-state index is -3.54. The van der Waals surface area contributed by atoms with Gasteiger partial charge in [0.2, 0.25) is 10.0 Å². The number of nitrogens with two attached hydrogens (primary N) is 1. The van der Waals surface area contributed by atoms with Crippen molar-refractivity contribution in [1.82, 2.24) is 9.29 Å². The van der Waals surface area contributed by atoms with Crippen molar-refractivity contribution in [2.75, 3.05) is 24.1 Å². The molecule has 3 N–H and O–H groups in total. The van der Waals surface area contributed by atoms with E-state index in [4.69, 9.17) is 5.73 Å². The topological polar surface area (TPSA) is 105 Å². The second-order valence-electron chi connectivity index (χ2n) is 6.67.